The maximum absolute atomic E-state index is 5.45. The summed E-state index contributed by atoms with van der Waals surface area (Å²) in [5.41, 5.74) is 2.64. The molecule has 0 aliphatic carbocycles. The van der Waals surface area contributed by atoms with Gasteiger partial charge in [-0.15, -0.1) is 0 Å². The number of aryl methyl sites for hydroxylation is 1. The zero-order valence-electron chi connectivity index (χ0n) is 17.7. The lowest BCUT2D eigenvalue weighted by Crippen LogP contribution is -2.42. The zero-order chi connectivity index (χ0) is 20.6. The van der Waals surface area contributed by atoms with Crippen molar-refractivity contribution >= 4 is 5.96 Å². The lowest BCUT2D eigenvalue weighted by Gasteiger charge is -2.29. The maximum atomic E-state index is 5.45. The third-order valence-corrected chi connectivity index (χ3v) is 5.05. The van der Waals surface area contributed by atoms with Crippen molar-refractivity contribution in [2.45, 2.75) is 26.4 Å². The Morgan fingerprint density at radius 2 is 1.93 bits per heavy atom. The fourth-order valence-corrected chi connectivity index (χ4v) is 3.42. The summed E-state index contributed by atoms with van der Waals surface area (Å²) in [5, 5.41) is 10.8. The van der Waals surface area contributed by atoms with Crippen LogP contribution in [-0.4, -0.2) is 66.0 Å². The van der Waals surface area contributed by atoms with E-state index in [2.05, 4.69) is 49.7 Å². The van der Waals surface area contributed by atoms with E-state index in [0.717, 1.165) is 62.4 Å². The number of benzene rings is 1. The summed E-state index contributed by atoms with van der Waals surface area (Å²) in [4.78, 5) is 11.2. The third-order valence-electron chi connectivity index (χ3n) is 5.05. The van der Waals surface area contributed by atoms with E-state index in [9.17, 15) is 0 Å². The van der Waals surface area contributed by atoms with Crippen LogP contribution in [0.3, 0.4) is 0 Å². The smallest absolute Gasteiger partial charge is 0.191 e. The largest absolute Gasteiger partial charge is 0.493 e. The highest BCUT2D eigenvalue weighted by Gasteiger charge is 2.19. The van der Waals surface area contributed by atoms with Gasteiger partial charge in [-0.2, -0.15) is 5.10 Å². The topological polar surface area (TPSA) is 88.8 Å². The van der Waals surface area contributed by atoms with Crippen LogP contribution in [0.2, 0.25) is 0 Å². The minimum Gasteiger partial charge on any atom is -0.493 e. The van der Waals surface area contributed by atoms with E-state index in [1.165, 1.54) is 11.1 Å². The second-order valence-electron chi connectivity index (χ2n) is 6.92. The second kappa shape index (κ2) is 10.1. The normalized spacial score (nSPS) is 14.4. The van der Waals surface area contributed by atoms with E-state index in [0.29, 0.717) is 6.54 Å². The average molecular weight is 402 g/mol. The van der Waals surface area contributed by atoms with E-state index in [4.69, 9.17) is 9.47 Å². The van der Waals surface area contributed by atoms with Crippen LogP contribution in [0.5, 0.6) is 11.5 Å². The van der Waals surface area contributed by atoms with Gasteiger partial charge in [0.25, 0.3) is 0 Å². The molecule has 0 bridgehead atoms. The van der Waals surface area contributed by atoms with Crippen LogP contribution in [0.25, 0.3) is 0 Å². The van der Waals surface area contributed by atoms with E-state index in [-0.39, 0.29) is 0 Å². The molecule has 1 aliphatic rings. The first-order valence-corrected chi connectivity index (χ1v) is 9.95. The minimum absolute atomic E-state index is 0.491. The zero-order valence-corrected chi connectivity index (χ0v) is 17.7. The van der Waals surface area contributed by atoms with E-state index < -0.39 is 0 Å². The average Bonchev–Trinajstić information content (AvgIpc) is 3.15. The molecule has 0 atom stereocenters. The van der Waals surface area contributed by atoms with Crippen LogP contribution in [0.4, 0.5) is 0 Å². The van der Waals surface area contributed by atoms with Gasteiger partial charge in [0, 0.05) is 39.8 Å². The van der Waals surface area contributed by atoms with Gasteiger partial charge in [0.1, 0.15) is 18.7 Å². The summed E-state index contributed by atoms with van der Waals surface area (Å²) < 4.78 is 12.6. The predicted octanol–water partition coefficient (Wildman–Crippen LogP) is 0.946. The summed E-state index contributed by atoms with van der Waals surface area (Å²) in [6, 6.07) is 4.20. The van der Waals surface area contributed by atoms with Crippen LogP contribution in [0.1, 0.15) is 23.9 Å². The minimum atomic E-state index is 0.491. The number of hydrogen-bond acceptors (Lipinski definition) is 6. The first kappa shape index (κ1) is 20.9. The third kappa shape index (κ3) is 5.38. The summed E-state index contributed by atoms with van der Waals surface area (Å²) in [6.45, 7) is 7.03. The molecule has 0 radical (unpaired) electrons. The number of aromatic nitrogens is 3. The SMILES string of the molecule is CCNC(=NCc1ncnn1C)NCCN1CCc2cc(OC)c(OC)cc2C1. The Morgan fingerprint density at radius 3 is 2.59 bits per heavy atom. The number of nitrogens with zero attached hydrogens (tertiary/aromatic N) is 5. The van der Waals surface area contributed by atoms with E-state index in [1.54, 1.807) is 25.2 Å². The van der Waals surface area contributed by atoms with Gasteiger partial charge in [-0.05, 0) is 36.6 Å². The van der Waals surface area contributed by atoms with Crippen molar-refractivity contribution in [1.82, 2.24) is 30.3 Å². The molecule has 2 aromatic rings. The second-order valence-corrected chi connectivity index (χ2v) is 6.92. The Morgan fingerprint density at radius 1 is 1.17 bits per heavy atom. The van der Waals surface area contributed by atoms with Crippen LogP contribution in [0, 0.1) is 0 Å². The van der Waals surface area contributed by atoms with Crippen LogP contribution < -0.4 is 20.1 Å². The van der Waals surface area contributed by atoms with Gasteiger partial charge < -0.3 is 20.1 Å². The van der Waals surface area contributed by atoms with Crippen molar-refractivity contribution in [2.24, 2.45) is 12.0 Å². The first-order valence-electron chi connectivity index (χ1n) is 9.95. The number of methoxy groups -OCH3 is 2. The molecule has 3 rings (SSSR count). The van der Waals surface area contributed by atoms with Crippen molar-refractivity contribution in [1.29, 1.82) is 0 Å². The van der Waals surface area contributed by atoms with Crippen molar-refractivity contribution in [3.8, 4) is 11.5 Å². The molecule has 1 aromatic heterocycles. The molecule has 9 nitrogen and oxygen atoms in total. The van der Waals surface area contributed by atoms with Crippen LogP contribution >= 0.6 is 0 Å². The summed E-state index contributed by atoms with van der Waals surface area (Å²) in [7, 11) is 5.23. The molecule has 0 fully saturated rings. The van der Waals surface area contributed by atoms with Gasteiger partial charge >= 0.3 is 0 Å². The molecule has 29 heavy (non-hydrogen) atoms. The molecular weight excluding hydrogens is 370 g/mol. The highest BCUT2D eigenvalue weighted by atomic mass is 16.5. The molecule has 0 spiro atoms. The molecule has 158 valence electrons. The summed E-state index contributed by atoms with van der Waals surface area (Å²) in [6.07, 6.45) is 2.56. The van der Waals surface area contributed by atoms with Crippen molar-refractivity contribution in [2.75, 3.05) is 40.4 Å². The van der Waals surface area contributed by atoms with Gasteiger partial charge in [0.15, 0.2) is 17.5 Å². The number of hydrogen-bond donors (Lipinski definition) is 2. The van der Waals surface area contributed by atoms with Gasteiger partial charge in [-0.3, -0.25) is 9.58 Å². The number of ether oxygens (including phenoxy) is 2. The summed E-state index contributed by atoms with van der Waals surface area (Å²) in [5.74, 6) is 3.21. The molecule has 1 aromatic carbocycles. The number of aliphatic imine (C=N–C) groups is 1. The van der Waals surface area contributed by atoms with Crippen LogP contribution in [0.15, 0.2) is 23.5 Å². The fraction of sp³-hybridized carbons (Fsp3) is 0.550. The molecule has 2 N–H and O–H groups in total. The highest BCUT2D eigenvalue weighted by Crippen LogP contribution is 2.33. The molecule has 0 unspecified atom stereocenters. The number of guanidine groups is 1. The first-order chi connectivity index (χ1) is 14.1. The monoisotopic (exact) mass is 401 g/mol. The van der Waals surface area contributed by atoms with E-state index >= 15 is 0 Å². The quantitative estimate of drug-likeness (QED) is 0.503. The van der Waals surface area contributed by atoms with Gasteiger partial charge in [0.05, 0.1) is 14.2 Å². The Bertz CT molecular complexity index is 834. The van der Waals surface area contributed by atoms with Gasteiger partial charge in [0.2, 0.25) is 0 Å². The predicted molar refractivity (Wildman–Crippen MR) is 112 cm³/mol. The van der Waals surface area contributed by atoms with Crippen molar-refractivity contribution in [3.63, 3.8) is 0 Å². The van der Waals surface area contributed by atoms with Gasteiger partial charge in [-0.1, -0.05) is 0 Å². The lowest BCUT2D eigenvalue weighted by molar-refractivity contribution is 0.256. The Labute approximate surface area is 172 Å². The molecule has 1 aliphatic heterocycles. The Kier molecular flexibility index (Phi) is 7.29. The van der Waals surface area contributed by atoms with Crippen molar-refractivity contribution < 1.29 is 9.47 Å². The maximum Gasteiger partial charge on any atom is 0.191 e. The molecule has 0 amide bonds. The summed E-state index contributed by atoms with van der Waals surface area (Å²) >= 11 is 0. The van der Waals surface area contributed by atoms with Crippen molar-refractivity contribution in [3.05, 3.63) is 35.4 Å². The molecule has 0 saturated carbocycles. The van der Waals surface area contributed by atoms with Crippen LogP contribution in [-0.2, 0) is 26.6 Å². The molecule has 2 heterocycles. The molecular formula is C20H31N7O2. The fourth-order valence-electron chi connectivity index (χ4n) is 3.42. The standard InChI is InChI=1S/C20H31N7O2/c1-5-21-20(23-12-19-24-14-25-26(19)2)22-7-9-27-8-6-15-10-17(28-3)18(29-4)11-16(15)13-27/h10-11,14H,5-9,12-13H2,1-4H3,(H2,21,22,23). The molecule has 0 saturated heterocycles. The van der Waals surface area contributed by atoms with Gasteiger partial charge in [-0.25, -0.2) is 9.98 Å². The number of nitrogens with one attached hydrogen (secondary N) is 2. The Hall–Kier alpha value is -2.81. The molecule has 9 heteroatoms. The number of rotatable bonds is 8. The Balaban J connectivity index is 1.54. The van der Waals surface area contributed by atoms with E-state index in [1.807, 2.05) is 7.05 Å². The lowest BCUT2D eigenvalue weighted by atomic mass is 9.99. The number of fused-ring (bicyclic) bond motifs is 1. The highest BCUT2D eigenvalue weighted by molar-refractivity contribution is 5.79.